The summed E-state index contributed by atoms with van der Waals surface area (Å²) in [6.45, 7) is 1.38. The Morgan fingerprint density at radius 1 is 1.02 bits per heavy atom. The maximum atomic E-state index is 13.1. The number of nitrogens with zero attached hydrogens (tertiary/aromatic N) is 5. The number of anilines is 1. The number of carbonyl (C=O) groups is 2. The lowest BCUT2D eigenvalue weighted by Gasteiger charge is -2.32. The van der Waals surface area contributed by atoms with Gasteiger partial charge in [-0.1, -0.05) is 47.1 Å². The number of amides is 2. The van der Waals surface area contributed by atoms with Crippen molar-refractivity contribution in [1.29, 1.82) is 0 Å². The maximum Gasteiger partial charge on any atom is 0.272 e. The third-order valence-corrected chi connectivity index (χ3v) is 7.44. The molecule has 10 heteroatoms. The molecule has 0 spiro atoms. The normalized spacial score (nSPS) is 14.0. The Morgan fingerprint density at radius 2 is 1.85 bits per heavy atom. The molecule has 0 saturated carbocycles. The van der Waals surface area contributed by atoms with E-state index < -0.39 is 0 Å². The van der Waals surface area contributed by atoms with Gasteiger partial charge in [-0.15, -0.1) is 0 Å². The van der Waals surface area contributed by atoms with Crippen LogP contribution in [0.15, 0.2) is 83.6 Å². The number of hydrogen-bond donors (Lipinski definition) is 1. The summed E-state index contributed by atoms with van der Waals surface area (Å²) in [4.78, 5) is 36.2. The van der Waals surface area contributed by atoms with Crippen molar-refractivity contribution in [3.8, 4) is 11.4 Å². The van der Waals surface area contributed by atoms with Crippen LogP contribution in [0.2, 0.25) is 5.02 Å². The topological polar surface area (TPSA) is 106 Å². The average molecular weight is 555 g/mol. The van der Waals surface area contributed by atoms with Crippen LogP contribution in [-0.2, 0) is 11.2 Å². The van der Waals surface area contributed by atoms with Gasteiger partial charge in [0.05, 0.1) is 6.20 Å². The van der Waals surface area contributed by atoms with E-state index in [0.717, 1.165) is 29.7 Å². The number of carbonyl (C=O) groups excluding carboxylic acids is 2. The molecule has 4 heterocycles. The van der Waals surface area contributed by atoms with E-state index in [1.807, 2.05) is 58.0 Å². The van der Waals surface area contributed by atoms with Crippen LogP contribution in [0.4, 0.5) is 5.69 Å². The molecule has 202 valence electrons. The van der Waals surface area contributed by atoms with Gasteiger partial charge in [-0.2, -0.15) is 4.98 Å². The minimum absolute atomic E-state index is 0.0106. The summed E-state index contributed by atoms with van der Waals surface area (Å²) in [5.41, 5.74) is 4.06. The van der Waals surface area contributed by atoms with E-state index in [2.05, 4.69) is 32.6 Å². The predicted molar refractivity (Wildman–Crippen MR) is 151 cm³/mol. The summed E-state index contributed by atoms with van der Waals surface area (Å²) < 4.78 is 7.13. The summed E-state index contributed by atoms with van der Waals surface area (Å²) in [5.74, 6) is 1.08. The van der Waals surface area contributed by atoms with Crippen molar-refractivity contribution in [2.45, 2.75) is 31.6 Å². The van der Waals surface area contributed by atoms with Crippen LogP contribution in [0.5, 0.6) is 0 Å². The van der Waals surface area contributed by atoms with Gasteiger partial charge in [0.15, 0.2) is 0 Å². The van der Waals surface area contributed by atoms with Gasteiger partial charge >= 0.3 is 0 Å². The Balaban J connectivity index is 0.985. The largest absolute Gasteiger partial charge is 0.339 e. The van der Waals surface area contributed by atoms with Crippen LogP contribution in [-0.4, -0.2) is 49.3 Å². The number of benzene rings is 2. The molecule has 0 radical (unpaired) electrons. The minimum atomic E-state index is -0.130. The molecule has 2 aromatic carbocycles. The van der Waals surface area contributed by atoms with Crippen LogP contribution in [0.3, 0.4) is 0 Å². The first-order valence-electron chi connectivity index (χ1n) is 13.2. The molecule has 40 heavy (non-hydrogen) atoms. The summed E-state index contributed by atoms with van der Waals surface area (Å²) >= 11 is 6.03. The zero-order valence-electron chi connectivity index (χ0n) is 21.7. The third-order valence-electron chi connectivity index (χ3n) is 7.20. The van der Waals surface area contributed by atoms with Gasteiger partial charge in [-0.05, 0) is 60.7 Å². The van der Waals surface area contributed by atoms with E-state index in [1.165, 1.54) is 5.56 Å². The second-order valence-corrected chi connectivity index (χ2v) is 10.3. The first-order valence-corrected chi connectivity index (χ1v) is 13.6. The number of rotatable bonds is 7. The van der Waals surface area contributed by atoms with Crippen molar-refractivity contribution >= 4 is 34.7 Å². The molecule has 0 atom stereocenters. The number of pyridine rings is 1. The highest BCUT2D eigenvalue weighted by molar-refractivity contribution is 6.30. The van der Waals surface area contributed by atoms with Gasteiger partial charge in [0.2, 0.25) is 17.6 Å². The quantitative estimate of drug-likeness (QED) is 0.279. The number of imidazole rings is 1. The molecule has 1 N–H and O–H groups in total. The zero-order valence-corrected chi connectivity index (χ0v) is 22.4. The highest BCUT2D eigenvalue weighted by atomic mass is 35.5. The van der Waals surface area contributed by atoms with Gasteiger partial charge in [0, 0.05) is 48.4 Å². The minimum Gasteiger partial charge on any atom is -0.339 e. The Labute approximate surface area is 235 Å². The lowest BCUT2D eigenvalue weighted by atomic mass is 9.89. The van der Waals surface area contributed by atoms with Crippen LogP contribution in [0.1, 0.15) is 47.1 Å². The summed E-state index contributed by atoms with van der Waals surface area (Å²) in [6.07, 6.45) is 5.84. The number of hydrogen-bond acceptors (Lipinski definition) is 6. The van der Waals surface area contributed by atoms with Crippen molar-refractivity contribution in [2.75, 3.05) is 18.4 Å². The second kappa shape index (κ2) is 11.3. The molecule has 1 fully saturated rings. The molecular weight excluding hydrogens is 528 g/mol. The molecule has 5 aromatic rings. The van der Waals surface area contributed by atoms with Crippen molar-refractivity contribution in [3.63, 3.8) is 0 Å². The van der Waals surface area contributed by atoms with Crippen LogP contribution in [0.25, 0.3) is 17.0 Å². The van der Waals surface area contributed by atoms with E-state index >= 15 is 0 Å². The fourth-order valence-corrected chi connectivity index (χ4v) is 5.24. The Bertz CT molecular complexity index is 1650. The van der Waals surface area contributed by atoms with Gasteiger partial charge in [0.1, 0.15) is 11.3 Å². The van der Waals surface area contributed by atoms with E-state index in [4.69, 9.17) is 16.1 Å². The molecule has 1 aliphatic heterocycles. The molecule has 3 aromatic heterocycles. The molecular formula is C30H27ClN6O3. The molecule has 2 amide bonds. The standard InChI is InChI=1S/C30H27ClN6O3/c31-23-5-3-4-22(18-23)29-34-28(40-35-29)12-11-27(38)33-24-9-7-20(8-10-24)21-13-16-36(17-14-21)30(39)25-19-32-26-6-1-2-15-37(25)26/h1-10,15,18-19,21H,11-14,16-17H2,(H,33,38). The highest BCUT2D eigenvalue weighted by Crippen LogP contribution is 2.30. The number of piperidine rings is 1. The number of halogens is 1. The van der Waals surface area contributed by atoms with E-state index in [1.54, 1.807) is 18.3 Å². The Morgan fingerprint density at radius 3 is 2.65 bits per heavy atom. The molecule has 6 rings (SSSR count). The van der Waals surface area contributed by atoms with Crippen molar-refractivity contribution in [2.24, 2.45) is 0 Å². The zero-order chi connectivity index (χ0) is 27.5. The number of aromatic nitrogens is 4. The average Bonchev–Trinajstić information content (AvgIpc) is 3.64. The maximum absolute atomic E-state index is 13.1. The van der Waals surface area contributed by atoms with E-state index in [-0.39, 0.29) is 18.2 Å². The second-order valence-electron chi connectivity index (χ2n) is 9.83. The Kier molecular flexibility index (Phi) is 7.29. The Hall–Kier alpha value is -4.50. The fraction of sp³-hybridized carbons (Fsp3) is 0.233. The summed E-state index contributed by atoms with van der Waals surface area (Å²) in [6, 6.07) is 20.9. The van der Waals surface area contributed by atoms with Gasteiger partial charge in [0.25, 0.3) is 5.91 Å². The SMILES string of the molecule is O=C(CCc1nc(-c2cccc(Cl)c2)no1)Nc1ccc(C2CCN(C(=O)c3cnc4ccccn34)CC2)cc1. The van der Waals surface area contributed by atoms with E-state index in [9.17, 15) is 9.59 Å². The highest BCUT2D eigenvalue weighted by Gasteiger charge is 2.26. The van der Waals surface area contributed by atoms with Crippen LogP contribution >= 0.6 is 11.6 Å². The van der Waals surface area contributed by atoms with Crippen molar-refractivity contribution in [3.05, 3.63) is 101 Å². The molecule has 0 unspecified atom stereocenters. The number of likely N-dealkylation sites (tertiary alicyclic amines) is 1. The van der Waals surface area contributed by atoms with Crippen molar-refractivity contribution < 1.29 is 14.1 Å². The van der Waals surface area contributed by atoms with Gasteiger partial charge in [-0.3, -0.25) is 14.0 Å². The number of aryl methyl sites for hydroxylation is 1. The fourth-order valence-electron chi connectivity index (χ4n) is 5.05. The molecule has 0 bridgehead atoms. The van der Waals surface area contributed by atoms with Crippen molar-refractivity contribution in [1.82, 2.24) is 24.4 Å². The van der Waals surface area contributed by atoms with Gasteiger partial charge in [-0.25, -0.2) is 4.98 Å². The lowest BCUT2D eigenvalue weighted by molar-refractivity contribution is -0.116. The van der Waals surface area contributed by atoms with Crippen LogP contribution < -0.4 is 5.32 Å². The first kappa shape index (κ1) is 25.8. The smallest absolute Gasteiger partial charge is 0.272 e. The first-order chi connectivity index (χ1) is 19.5. The molecule has 1 aliphatic rings. The predicted octanol–water partition coefficient (Wildman–Crippen LogP) is 5.63. The lowest BCUT2D eigenvalue weighted by Crippen LogP contribution is -2.38. The molecule has 1 saturated heterocycles. The molecule has 0 aliphatic carbocycles. The van der Waals surface area contributed by atoms with E-state index in [0.29, 0.717) is 47.9 Å². The summed E-state index contributed by atoms with van der Waals surface area (Å²) in [5, 5.41) is 7.51. The van der Waals surface area contributed by atoms with Gasteiger partial charge < -0.3 is 14.7 Å². The molecule has 9 nitrogen and oxygen atoms in total. The summed E-state index contributed by atoms with van der Waals surface area (Å²) in [7, 11) is 0. The third kappa shape index (κ3) is 5.60. The van der Waals surface area contributed by atoms with Crippen LogP contribution in [0, 0.1) is 0 Å². The number of fused-ring (bicyclic) bond motifs is 1. The number of nitrogens with one attached hydrogen (secondary N) is 1. The monoisotopic (exact) mass is 554 g/mol.